The van der Waals surface area contributed by atoms with Crippen molar-refractivity contribution < 1.29 is 37.7 Å². The Morgan fingerprint density at radius 1 is 1.04 bits per heavy atom. The molecule has 28 heavy (non-hydrogen) atoms. The minimum absolute atomic E-state index is 0.0654. The zero-order valence-corrected chi connectivity index (χ0v) is 15.6. The molecule has 0 aliphatic carbocycles. The molecule has 148 valence electrons. The van der Waals surface area contributed by atoms with Crippen LogP contribution in [0.15, 0.2) is 47.4 Å². The quantitative estimate of drug-likeness (QED) is 0.586. The molecule has 2 aromatic carbocycles. The van der Waals surface area contributed by atoms with Crippen LogP contribution in [0, 0.1) is 0 Å². The Morgan fingerprint density at radius 3 is 2.18 bits per heavy atom. The number of carboxylic acids is 2. The normalized spacial score (nSPS) is 11.2. The lowest BCUT2D eigenvalue weighted by Crippen LogP contribution is -2.22. The van der Waals surface area contributed by atoms with Gasteiger partial charge in [-0.3, -0.25) is 4.72 Å². The second-order valence-corrected chi connectivity index (χ2v) is 7.03. The standard InChI is InChI=1S/C18H17NO8S/c1-26-14-9-11(3-8-16(20)21)10-15(17(14)27-2)28(24,25)19-13-6-4-12(5-7-13)18(22)23/h3-10,19H,1-2H3,(H,20,21)(H,22,23)/p-2. The van der Waals surface area contributed by atoms with Crippen LogP contribution in [0.3, 0.4) is 0 Å². The highest BCUT2D eigenvalue weighted by Gasteiger charge is 2.24. The molecule has 0 aliphatic rings. The van der Waals surface area contributed by atoms with E-state index in [1.54, 1.807) is 0 Å². The Kier molecular flexibility index (Phi) is 6.26. The van der Waals surface area contributed by atoms with Crippen LogP contribution in [0.1, 0.15) is 15.9 Å². The van der Waals surface area contributed by atoms with Gasteiger partial charge in [0.1, 0.15) is 4.90 Å². The number of ether oxygens (including phenoxy) is 2. The fourth-order valence-corrected chi connectivity index (χ4v) is 3.57. The van der Waals surface area contributed by atoms with Crippen molar-refractivity contribution in [1.82, 2.24) is 0 Å². The maximum atomic E-state index is 12.8. The van der Waals surface area contributed by atoms with Crippen molar-refractivity contribution in [3.05, 3.63) is 53.6 Å². The molecule has 0 saturated heterocycles. The van der Waals surface area contributed by atoms with Crippen LogP contribution in [0.2, 0.25) is 0 Å². The molecule has 2 aromatic rings. The number of anilines is 1. The predicted octanol–water partition coefficient (Wildman–Crippen LogP) is -0.369. The van der Waals surface area contributed by atoms with E-state index in [0.29, 0.717) is 0 Å². The minimum atomic E-state index is -4.20. The van der Waals surface area contributed by atoms with Gasteiger partial charge in [0.2, 0.25) is 0 Å². The number of hydrogen-bond acceptors (Lipinski definition) is 8. The predicted molar refractivity (Wildman–Crippen MR) is 95.2 cm³/mol. The zero-order chi connectivity index (χ0) is 20.9. The first-order valence-corrected chi connectivity index (χ1v) is 9.15. The highest BCUT2D eigenvalue weighted by molar-refractivity contribution is 7.92. The molecule has 0 spiro atoms. The summed E-state index contributed by atoms with van der Waals surface area (Å²) < 4.78 is 38.2. The zero-order valence-electron chi connectivity index (χ0n) is 14.8. The highest BCUT2D eigenvalue weighted by atomic mass is 32.2. The topological polar surface area (TPSA) is 145 Å². The smallest absolute Gasteiger partial charge is 0.265 e. The monoisotopic (exact) mass is 405 g/mol. The number of benzene rings is 2. The molecule has 0 heterocycles. The van der Waals surface area contributed by atoms with Crippen molar-refractivity contribution in [2.75, 3.05) is 18.9 Å². The lowest BCUT2D eigenvalue weighted by Gasteiger charge is -2.16. The maximum Gasteiger partial charge on any atom is 0.265 e. The van der Waals surface area contributed by atoms with E-state index in [9.17, 15) is 28.2 Å². The average Bonchev–Trinajstić information content (AvgIpc) is 2.65. The molecule has 0 atom stereocenters. The van der Waals surface area contributed by atoms with E-state index in [0.717, 1.165) is 12.2 Å². The van der Waals surface area contributed by atoms with Gasteiger partial charge in [0.15, 0.2) is 11.5 Å². The van der Waals surface area contributed by atoms with Crippen molar-refractivity contribution in [2.24, 2.45) is 0 Å². The molecule has 0 aliphatic heterocycles. The van der Waals surface area contributed by atoms with Crippen LogP contribution < -0.4 is 24.4 Å². The summed E-state index contributed by atoms with van der Waals surface area (Å²) in [6, 6.07) is 7.47. The molecule has 0 unspecified atom stereocenters. The van der Waals surface area contributed by atoms with Gasteiger partial charge in [0.05, 0.1) is 26.2 Å². The Hall–Kier alpha value is -3.53. The van der Waals surface area contributed by atoms with Crippen molar-refractivity contribution in [1.29, 1.82) is 0 Å². The molecule has 9 nitrogen and oxygen atoms in total. The first-order valence-electron chi connectivity index (χ1n) is 7.67. The average molecular weight is 405 g/mol. The van der Waals surface area contributed by atoms with Gasteiger partial charge in [0, 0.05) is 5.69 Å². The van der Waals surface area contributed by atoms with E-state index in [4.69, 9.17) is 9.47 Å². The molecule has 0 bridgehead atoms. The summed E-state index contributed by atoms with van der Waals surface area (Å²) in [5.41, 5.74) is 0.202. The van der Waals surface area contributed by atoms with Gasteiger partial charge in [-0.1, -0.05) is 18.2 Å². The van der Waals surface area contributed by atoms with Crippen LogP contribution >= 0.6 is 0 Å². The summed E-state index contributed by atoms with van der Waals surface area (Å²) in [6.07, 6.45) is 1.88. The molecular weight excluding hydrogens is 390 g/mol. The Bertz CT molecular complexity index is 1030. The van der Waals surface area contributed by atoms with E-state index < -0.39 is 22.0 Å². The maximum absolute atomic E-state index is 12.8. The third-order valence-electron chi connectivity index (χ3n) is 3.54. The molecule has 0 fully saturated rings. The number of aliphatic carboxylic acids is 1. The third kappa shape index (κ3) is 4.80. The minimum Gasteiger partial charge on any atom is -0.545 e. The molecule has 0 aromatic heterocycles. The summed E-state index contributed by atoms with van der Waals surface area (Å²) in [5.74, 6) is -2.87. The highest BCUT2D eigenvalue weighted by Crippen LogP contribution is 2.36. The fraction of sp³-hybridized carbons (Fsp3) is 0.111. The second-order valence-electron chi connectivity index (χ2n) is 5.38. The SMILES string of the molecule is COc1cc(C=CC(=O)[O-])cc(S(=O)(=O)Nc2ccc(C(=O)[O-])cc2)c1OC. The number of aromatic carboxylic acids is 1. The van der Waals surface area contributed by atoms with Crippen molar-refractivity contribution >= 4 is 33.7 Å². The van der Waals surface area contributed by atoms with Gasteiger partial charge in [-0.2, -0.15) is 0 Å². The Balaban J connectivity index is 2.51. The van der Waals surface area contributed by atoms with E-state index in [1.165, 1.54) is 50.6 Å². The van der Waals surface area contributed by atoms with Crippen LogP contribution in [-0.2, 0) is 14.8 Å². The summed E-state index contributed by atoms with van der Waals surface area (Å²) in [6.45, 7) is 0. The van der Waals surface area contributed by atoms with E-state index in [-0.39, 0.29) is 33.2 Å². The number of hydrogen-bond donors (Lipinski definition) is 1. The summed E-state index contributed by atoms with van der Waals surface area (Å²) in [7, 11) is -1.65. The molecular formula is C18H15NO8S-2. The van der Waals surface area contributed by atoms with Gasteiger partial charge in [-0.05, 0) is 41.5 Å². The summed E-state index contributed by atoms with van der Waals surface area (Å²) >= 11 is 0. The Labute approximate surface area is 160 Å². The van der Waals surface area contributed by atoms with Crippen LogP contribution in [0.4, 0.5) is 5.69 Å². The third-order valence-corrected chi connectivity index (χ3v) is 4.93. The van der Waals surface area contributed by atoms with Gasteiger partial charge < -0.3 is 29.3 Å². The largest absolute Gasteiger partial charge is 0.545 e. The number of rotatable bonds is 8. The van der Waals surface area contributed by atoms with Crippen LogP contribution in [0.5, 0.6) is 11.5 Å². The second kappa shape index (κ2) is 8.44. The van der Waals surface area contributed by atoms with E-state index in [1.807, 2.05) is 0 Å². The van der Waals surface area contributed by atoms with Gasteiger partial charge >= 0.3 is 0 Å². The lowest BCUT2D eigenvalue weighted by atomic mass is 10.2. The van der Waals surface area contributed by atoms with E-state index >= 15 is 0 Å². The molecule has 10 heteroatoms. The fourth-order valence-electron chi connectivity index (χ4n) is 2.29. The number of carbonyl (C=O) groups is 2. The first-order chi connectivity index (χ1) is 13.2. The first kappa shape index (κ1) is 20.8. The Morgan fingerprint density at radius 2 is 1.68 bits per heavy atom. The molecule has 1 N–H and O–H groups in total. The number of methoxy groups -OCH3 is 2. The summed E-state index contributed by atoms with van der Waals surface area (Å²) in [5, 5.41) is 21.4. The lowest BCUT2D eigenvalue weighted by molar-refractivity contribution is -0.297. The van der Waals surface area contributed by atoms with Crippen LogP contribution in [-0.4, -0.2) is 34.6 Å². The van der Waals surface area contributed by atoms with Crippen molar-refractivity contribution in [2.45, 2.75) is 4.90 Å². The van der Waals surface area contributed by atoms with Gasteiger partial charge in [0.25, 0.3) is 10.0 Å². The molecule has 0 radical (unpaired) electrons. The molecule has 0 amide bonds. The number of sulfonamides is 1. The van der Waals surface area contributed by atoms with Crippen molar-refractivity contribution in [3.8, 4) is 11.5 Å². The number of nitrogens with one attached hydrogen (secondary N) is 1. The number of carboxylic acid groups (broad SMARTS) is 2. The van der Waals surface area contributed by atoms with Gasteiger partial charge in [-0.15, -0.1) is 0 Å². The number of carbonyl (C=O) groups excluding carboxylic acids is 2. The van der Waals surface area contributed by atoms with Crippen LogP contribution in [0.25, 0.3) is 6.08 Å². The van der Waals surface area contributed by atoms with Crippen molar-refractivity contribution in [3.63, 3.8) is 0 Å². The summed E-state index contributed by atoms with van der Waals surface area (Å²) in [4.78, 5) is 21.1. The molecule has 2 rings (SSSR count). The molecule has 0 saturated carbocycles. The van der Waals surface area contributed by atoms with E-state index in [2.05, 4.69) is 4.72 Å². The van der Waals surface area contributed by atoms with Gasteiger partial charge in [-0.25, -0.2) is 8.42 Å².